The van der Waals surface area contributed by atoms with Gasteiger partial charge in [-0.25, -0.2) is 0 Å². The van der Waals surface area contributed by atoms with Crippen molar-refractivity contribution in [2.45, 2.75) is 20.0 Å². The van der Waals surface area contributed by atoms with Gasteiger partial charge < -0.3 is 4.74 Å². The molecule has 0 aromatic heterocycles. The van der Waals surface area contributed by atoms with E-state index in [-0.39, 0.29) is 6.10 Å². The Bertz CT molecular complexity index is 149. The van der Waals surface area contributed by atoms with Crippen LogP contribution in [0.3, 0.4) is 0 Å². The first-order chi connectivity index (χ1) is 4.75. The van der Waals surface area contributed by atoms with E-state index < -0.39 is 0 Å². The topological polar surface area (TPSA) is 9.23 Å². The third kappa shape index (κ3) is 1.23. The van der Waals surface area contributed by atoms with Crippen LogP contribution in [0.25, 0.3) is 0 Å². The summed E-state index contributed by atoms with van der Waals surface area (Å²) in [5, 5.41) is 0. The van der Waals surface area contributed by atoms with Crippen LogP contribution in [0, 0.1) is 11.8 Å². The lowest BCUT2D eigenvalue weighted by Crippen LogP contribution is -2.25. The van der Waals surface area contributed by atoms with E-state index in [9.17, 15) is 0 Å². The monoisotopic (exact) mass is 138 g/mol. The summed E-state index contributed by atoms with van der Waals surface area (Å²) in [6.45, 7) is 8.09. The molecule has 0 amide bonds. The third-order valence-corrected chi connectivity index (χ3v) is 2.20. The molecule has 0 aliphatic carbocycles. The van der Waals surface area contributed by atoms with Crippen molar-refractivity contribution in [2.75, 3.05) is 0 Å². The number of rotatable bonds is 1. The molecular weight excluding hydrogens is 124 g/mol. The van der Waals surface area contributed by atoms with Crippen LogP contribution in [-0.4, -0.2) is 6.10 Å². The molecule has 0 saturated carbocycles. The number of allylic oxidation sites excluding steroid dienone is 1. The largest absolute Gasteiger partial charge is 0.494 e. The lowest BCUT2D eigenvalue weighted by atomic mass is 9.89. The molecule has 0 saturated heterocycles. The maximum absolute atomic E-state index is 5.31. The van der Waals surface area contributed by atoms with Gasteiger partial charge in [-0.05, 0) is 12.0 Å². The lowest BCUT2D eigenvalue weighted by molar-refractivity contribution is 0.0970. The molecule has 0 aromatic carbocycles. The van der Waals surface area contributed by atoms with Crippen LogP contribution in [-0.2, 0) is 4.74 Å². The molecule has 1 aliphatic rings. The molecule has 1 aliphatic heterocycles. The minimum Gasteiger partial charge on any atom is -0.494 e. The predicted molar refractivity (Wildman–Crippen MR) is 42.5 cm³/mol. The van der Waals surface area contributed by atoms with Crippen molar-refractivity contribution in [3.63, 3.8) is 0 Å². The van der Waals surface area contributed by atoms with Crippen LogP contribution in [0.5, 0.6) is 0 Å². The SMILES string of the molecule is C=CC1OC=CC(C)C1C. The maximum atomic E-state index is 5.31. The molecule has 3 atom stereocenters. The van der Waals surface area contributed by atoms with Crippen LogP contribution < -0.4 is 0 Å². The van der Waals surface area contributed by atoms with E-state index in [2.05, 4.69) is 26.5 Å². The fraction of sp³-hybridized carbons (Fsp3) is 0.556. The summed E-state index contributed by atoms with van der Waals surface area (Å²) in [5.41, 5.74) is 0. The average molecular weight is 138 g/mol. The minimum atomic E-state index is 0.208. The Morgan fingerprint density at radius 2 is 2.20 bits per heavy atom. The van der Waals surface area contributed by atoms with Gasteiger partial charge in [-0.2, -0.15) is 0 Å². The van der Waals surface area contributed by atoms with Gasteiger partial charge in [-0.3, -0.25) is 0 Å². The Kier molecular flexibility index (Phi) is 2.15. The molecule has 0 N–H and O–H groups in total. The molecule has 1 heterocycles. The zero-order valence-corrected chi connectivity index (χ0v) is 6.58. The highest BCUT2D eigenvalue weighted by Crippen LogP contribution is 2.24. The van der Waals surface area contributed by atoms with Crippen molar-refractivity contribution in [1.29, 1.82) is 0 Å². The number of hydrogen-bond donors (Lipinski definition) is 0. The molecule has 0 bridgehead atoms. The van der Waals surface area contributed by atoms with E-state index in [1.54, 1.807) is 6.26 Å². The molecule has 0 radical (unpaired) electrons. The summed E-state index contributed by atoms with van der Waals surface area (Å²) in [7, 11) is 0. The molecule has 0 aromatic rings. The first-order valence-corrected chi connectivity index (χ1v) is 3.70. The van der Waals surface area contributed by atoms with Crippen LogP contribution in [0.2, 0.25) is 0 Å². The molecule has 3 unspecified atom stereocenters. The van der Waals surface area contributed by atoms with Gasteiger partial charge in [-0.1, -0.05) is 26.5 Å². The van der Waals surface area contributed by atoms with E-state index >= 15 is 0 Å². The Labute approximate surface area is 62.4 Å². The second-order valence-electron chi connectivity index (χ2n) is 2.88. The Balaban J connectivity index is 2.64. The predicted octanol–water partition coefficient (Wildman–Crippen LogP) is 2.36. The van der Waals surface area contributed by atoms with Gasteiger partial charge in [0.05, 0.1) is 6.26 Å². The van der Waals surface area contributed by atoms with Gasteiger partial charge in [0.2, 0.25) is 0 Å². The summed E-state index contributed by atoms with van der Waals surface area (Å²) in [6, 6.07) is 0. The van der Waals surface area contributed by atoms with E-state index in [0.29, 0.717) is 11.8 Å². The second-order valence-corrected chi connectivity index (χ2v) is 2.88. The number of hydrogen-bond acceptors (Lipinski definition) is 1. The third-order valence-electron chi connectivity index (χ3n) is 2.20. The van der Waals surface area contributed by atoms with Gasteiger partial charge >= 0.3 is 0 Å². The Morgan fingerprint density at radius 3 is 2.70 bits per heavy atom. The zero-order chi connectivity index (χ0) is 7.56. The molecule has 0 fully saturated rings. The number of ether oxygens (including phenoxy) is 1. The Hall–Kier alpha value is -0.720. The van der Waals surface area contributed by atoms with E-state index in [0.717, 1.165) is 0 Å². The lowest BCUT2D eigenvalue weighted by Gasteiger charge is -2.27. The quantitative estimate of drug-likeness (QED) is 0.505. The fourth-order valence-electron chi connectivity index (χ4n) is 1.13. The summed E-state index contributed by atoms with van der Waals surface area (Å²) in [4.78, 5) is 0. The fourth-order valence-corrected chi connectivity index (χ4v) is 1.13. The first kappa shape index (κ1) is 7.39. The van der Waals surface area contributed by atoms with E-state index in [1.165, 1.54) is 0 Å². The second kappa shape index (κ2) is 2.91. The van der Waals surface area contributed by atoms with Crippen molar-refractivity contribution < 1.29 is 4.74 Å². The van der Waals surface area contributed by atoms with Crippen molar-refractivity contribution >= 4 is 0 Å². The molecule has 1 rings (SSSR count). The smallest absolute Gasteiger partial charge is 0.119 e. The summed E-state index contributed by atoms with van der Waals surface area (Å²) in [6.07, 6.45) is 5.94. The van der Waals surface area contributed by atoms with Crippen LogP contribution in [0.4, 0.5) is 0 Å². The standard InChI is InChI=1S/C9H14O/c1-4-9-8(3)7(2)5-6-10-9/h4-9H,1H2,2-3H3. The van der Waals surface area contributed by atoms with Crippen molar-refractivity contribution in [3.8, 4) is 0 Å². The van der Waals surface area contributed by atoms with Gasteiger partial charge in [-0.15, -0.1) is 0 Å². The molecule has 1 nitrogen and oxygen atoms in total. The zero-order valence-electron chi connectivity index (χ0n) is 6.58. The summed E-state index contributed by atoms with van der Waals surface area (Å²) >= 11 is 0. The maximum Gasteiger partial charge on any atom is 0.119 e. The first-order valence-electron chi connectivity index (χ1n) is 3.70. The van der Waals surface area contributed by atoms with Crippen LogP contribution in [0.1, 0.15) is 13.8 Å². The van der Waals surface area contributed by atoms with Crippen LogP contribution in [0.15, 0.2) is 25.0 Å². The van der Waals surface area contributed by atoms with Gasteiger partial charge in [0.15, 0.2) is 0 Å². The molecule has 10 heavy (non-hydrogen) atoms. The molecule has 56 valence electrons. The van der Waals surface area contributed by atoms with Gasteiger partial charge in [0.25, 0.3) is 0 Å². The normalized spacial score (nSPS) is 38.8. The summed E-state index contributed by atoms with van der Waals surface area (Å²) in [5.74, 6) is 1.17. The van der Waals surface area contributed by atoms with Crippen molar-refractivity contribution in [3.05, 3.63) is 25.0 Å². The van der Waals surface area contributed by atoms with Crippen molar-refractivity contribution in [2.24, 2.45) is 11.8 Å². The highest BCUT2D eigenvalue weighted by Gasteiger charge is 2.21. The Morgan fingerprint density at radius 1 is 1.50 bits per heavy atom. The average Bonchev–Trinajstić information content (AvgIpc) is 1.95. The highest BCUT2D eigenvalue weighted by molar-refractivity contribution is 4.98. The van der Waals surface area contributed by atoms with Crippen molar-refractivity contribution in [1.82, 2.24) is 0 Å². The summed E-state index contributed by atoms with van der Waals surface area (Å²) < 4.78 is 5.31. The molecule has 1 heteroatoms. The van der Waals surface area contributed by atoms with E-state index in [4.69, 9.17) is 4.74 Å². The molecule has 0 spiro atoms. The highest BCUT2D eigenvalue weighted by atomic mass is 16.5. The molecular formula is C9H14O. The van der Waals surface area contributed by atoms with Crippen LogP contribution >= 0.6 is 0 Å². The van der Waals surface area contributed by atoms with Gasteiger partial charge in [0.1, 0.15) is 6.10 Å². The van der Waals surface area contributed by atoms with Gasteiger partial charge in [0, 0.05) is 5.92 Å². The minimum absolute atomic E-state index is 0.208. The van der Waals surface area contributed by atoms with E-state index in [1.807, 2.05) is 6.08 Å².